The molecule has 1 aliphatic carbocycles. The molecule has 2 saturated heterocycles. The molecule has 0 unspecified atom stereocenters. The van der Waals surface area contributed by atoms with Crippen LogP contribution in [0, 0.1) is 0 Å². The molecule has 3 aromatic rings. The number of rotatable bonds is 12. The number of piperidine rings is 1. The molecule has 4 amide bonds. The number of carbonyl (C=O) groups is 3. The highest BCUT2D eigenvalue weighted by atomic mass is 16.5. The minimum atomic E-state index is -1.19. The summed E-state index contributed by atoms with van der Waals surface area (Å²) in [4.78, 5) is 45.3. The first-order valence-corrected chi connectivity index (χ1v) is 17.2. The maximum Gasteiger partial charge on any atom is 0.318 e. The molecule has 6 rings (SSSR count). The third kappa shape index (κ3) is 8.10. The number of benzene rings is 2. The summed E-state index contributed by atoms with van der Waals surface area (Å²) < 4.78 is 6.17. The van der Waals surface area contributed by atoms with E-state index in [4.69, 9.17) is 10.5 Å². The lowest BCUT2D eigenvalue weighted by Crippen LogP contribution is -2.52. The van der Waals surface area contributed by atoms with Crippen LogP contribution in [-0.2, 0) is 16.1 Å². The highest BCUT2D eigenvalue weighted by Crippen LogP contribution is 2.30. The number of hydrogen-bond donors (Lipinski definition) is 4. The summed E-state index contributed by atoms with van der Waals surface area (Å²) in [6.45, 7) is 6.52. The fourth-order valence-electron chi connectivity index (χ4n) is 6.71. The van der Waals surface area contributed by atoms with Crippen LogP contribution >= 0.6 is 0 Å². The first-order chi connectivity index (χ1) is 23.2. The highest BCUT2D eigenvalue weighted by molar-refractivity contribution is 5.89. The molecular formula is C36H48N8O4. The first-order valence-electron chi connectivity index (χ1n) is 17.2. The topological polar surface area (TPSA) is 149 Å². The van der Waals surface area contributed by atoms with Crippen molar-refractivity contribution in [3.63, 3.8) is 0 Å². The first kappa shape index (κ1) is 33.3. The summed E-state index contributed by atoms with van der Waals surface area (Å²) in [7, 11) is 0. The van der Waals surface area contributed by atoms with Crippen molar-refractivity contribution in [1.82, 2.24) is 30.6 Å². The number of nitrogens with two attached hydrogens (primary N) is 1. The van der Waals surface area contributed by atoms with Gasteiger partial charge >= 0.3 is 6.03 Å². The van der Waals surface area contributed by atoms with Crippen LogP contribution in [0.5, 0.6) is 5.75 Å². The van der Waals surface area contributed by atoms with E-state index in [1.807, 2.05) is 35.4 Å². The summed E-state index contributed by atoms with van der Waals surface area (Å²) in [5.41, 5.74) is 8.81. The van der Waals surface area contributed by atoms with E-state index in [0.29, 0.717) is 31.9 Å². The Morgan fingerprint density at radius 2 is 1.83 bits per heavy atom. The molecular weight excluding hydrogens is 608 g/mol. The predicted octanol–water partition coefficient (Wildman–Crippen LogP) is 3.64. The number of urea groups is 1. The lowest BCUT2D eigenvalue weighted by Gasteiger charge is -2.36. The predicted molar refractivity (Wildman–Crippen MR) is 184 cm³/mol. The lowest BCUT2D eigenvalue weighted by atomic mass is 10.0. The number of aromatic amines is 1. The largest absolute Gasteiger partial charge is 0.478 e. The summed E-state index contributed by atoms with van der Waals surface area (Å²) >= 11 is 0. The average Bonchev–Trinajstić information content (AvgIpc) is 3.55. The Balaban J connectivity index is 1.02. The SMILES string of the molecule is CC(C)(Oc1cccc(N2CCC[C@@H](NC(=O)N(Cc3ccc(-c4cn[nH]c4)cc3)C3CC3)C2)c1)C(=O)NCC(=O)N1CCC[C@@H]1CN. The monoisotopic (exact) mass is 656 g/mol. The van der Waals surface area contributed by atoms with Gasteiger partial charge in [0, 0.05) is 74.4 Å². The van der Waals surface area contributed by atoms with Gasteiger partial charge in [-0.15, -0.1) is 0 Å². The molecule has 2 aromatic carbocycles. The van der Waals surface area contributed by atoms with Crippen molar-refractivity contribution in [3.05, 3.63) is 66.5 Å². The molecule has 3 heterocycles. The van der Waals surface area contributed by atoms with Gasteiger partial charge in [0.05, 0.1) is 12.7 Å². The fraction of sp³-hybridized carbons (Fsp3) is 0.500. The van der Waals surface area contributed by atoms with Gasteiger partial charge in [0.25, 0.3) is 5.91 Å². The van der Waals surface area contributed by atoms with E-state index in [1.165, 1.54) is 0 Å². The van der Waals surface area contributed by atoms with Crippen LogP contribution in [0.1, 0.15) is 57.9 Å². The lowest BCUT2D eigenvalue weighted by molar-refractivity contribution is -0.138. The molecule has 3 fully saturated rings. The van der Waals surface area contributed by atoms with E-state index in [-0.39, 0.29) is 42.5 Å². The van der Waals surface area contributed by atoms with Crippen LogP contribution in [0.4, 0.5) is 10.5 Å². The van der Waals surface area contributed by atoms with Gasteiger partial charge in [-0.3, -0.25) is 14.7 Å². The van der Waals surface area contributed by atoms with E-state index in [1.54, 1.807) is 24.9 Å². The second-order valence-electron chi connectivity index (χ2n) is 13.7. The Morgan fingerprint density at radius 1 is 1.04 bits per heavy atom. The van der Waals surface area contributed by atoms with E-state index in [0.717, 1.165) is 67.4 Å². The standard InChI is InChI=1S/C36H48N8O4/c1-36(2,34(46)38-22-33(45)43-17-5-8-31(43)19-37)48-32-9-3-7-30(18-32)42-16-4-6-28(24-42)41-35(47)44(29-14-15-29)23-25-10-12-26(13-11-25)27-20-39-40-21-27/h3,7,9-13,18,20-21,28-29,31H,4-6,8,14-17,19,22-24,37H2,1-2H3,(H,38,46)(H,39,40)(H,41,47)/t28-,31-/m1/s1. The smallest absolute Gasteiger partial charge is 0.318 e. The van der Waals surface area contributed by atoms with Crippen LogP contribution in [0.2, 0.25) is 0 Å². The van der Waals surface area contributed by atoms with Gasteiger partial charge in [0.2, 0.25) is 5.91 Å². The molecule has 12 nitrogen and oxygen atoms in total. The van der Waals surface area contributed by atoms with Gasteiger partial charge in [-0.2, -0.15) is 5.10 Å². The second-order valence-corrected chi connectivity index (χ2v) is 13.7. The van der Waals surface area contributed by atoms with Gasteiger partial charge in [-0.1, -0.05) is 30.3 Å². The van der Waals surface area contributed by atoms with Crippen LogP contribution in [0.3, 0.4) is 0 Å². The van der Waals surface area contributed by atoms with Gasteiger partial charge < -0.3 is 35.8 Å². The molecule has 1 saturated carbocycles. The molecule has 2 aliphatic heterocycles. The van der Waals surface area contributed by atoms with Crippen molar-refractivity contribution in [2.45, 2.75) is 82.6 Å². The third-order valence-electron chi connectivity index (χ3n) is 9.61. The number of likely N-dealkylation sites (tertiary alicyclic amines) is 1. The summed E-state index contributed by atoms with van der Waals surface area (Å²) in [6, 6.07) is 16.3. The van der Waals surface area contributed by atoms with Crippen LogP contribution in [-0.4, -0.2) is 94.3 Å². The zero-order valence-corrected chi connectivity index (χ0v) is 28.0. The zero-order chi connectivity index (χ0) is 33.7. The molecule has 12 heteroatoms. The average molecular weight is 657 g/mol. The van der Waals surface area contributed by atoms with Crippen molar-refractivity contribution < 1.29 is 19.1 Å². The summed E-state index contributed by atoms with van der Waals surface area (Å²) in [6.07, 6.45) is 9.41. The van der Waals surface area contributed by atoms with Gasteiger partial charge in [-0.25, -0.2) is 4.79 Å². The quantitative estimate of drug-likeness (QED) is 0.233. The Bertz CT molecular complexity index is 1560. The summed E-state index contributed by atoms with van der Waals surface area (Å²) in [5.74, 6) is 0.0762. The second kappa shape index (κ2) is 14.7. The molecule has 0 spiro atoms. The number of amides is 4. The summed E-state index contributed by atoms with van der Waals surface area (Å²) in [5, 5.41) is 13.0. The molecule has 0 radical (unpaired) electrons. The zero-order valence-electron chi connectivity index (χ0n) is 28.0. The molecule has 256 valence electrons. The van der Waals surface area contributed by atoms with Crippen molar-refractivity contribution in [2.75, 3.05) is 37.6 Å². The van der Waals surface area contributed by atoms with E-state index < -0.39 is 5.60 Å². The molecule has 0 bridgehead atoms. The highest BCUT2D eigenvalue weighted by Gasteiger charge is 2.35. The van der Waals surface area contributed by atoms with E-state index >= 15 is 0 Å². The van der Waals surface area contributed by atoms with Crippen LogP contribution in [0.15, 0.2) is 60.9 Å². The Kier molecular flexibility index (Phi) is 10.2. The van der Waals surface area contributed by atoms with E-state index in [9.17, 15) is 14.4 Å². The maximum atomic E-state index is 13.6. The maximum absolute atomic E-state index is 13.6. The number of nitrogens with zero attached hydrogens (tertiary/aromatic N) is 4. The van der Waals surface area contributed by atoms with Gasteiger partial charge in [-0.05, 0) is 75.6 Å². The Labute approximate surface area is 282 Å². The van der Waals surface area contributed by atoms with Crippen molar-refractivity contribution in [1.29, 1.82) is 0 Å². The number of carbonyl (C=O) groups excluding carboxylic acids is 3. The van der Waals surface area contributed by atoms with Crippen LogP contribution < -0.4 is 26.0 Å². The minimum absolute atomic E-state index is 0.00905. The van der Waals surface area contributed by atoms with Crippen LogP contribution in [0.25, 0.3) is 11.1 Å². The minimum Gasteiger partial charge on any atom is -0.478 e. The molecule has 3 aliphatic rings. The fourth-order valence-corrected chi connectivity index (χ4v) is 6.71. The Hall–Kier alpha value is -4.58. The number of ether oxygens (including phenoxy) is 1. The van der Waals surface area contributed by atoms with Crippen molar-refractivity contribution in [3.8, 4) is 16.9 Å². The normalized spacial score (nSPS) is 19.6. The number of hydrogen-bond acceptors (Lipinski definition) is 7. The number of H-pyrrole nitrogens is 1. The van der Waals surface area contributed by atoms with Crippen molar-refractivity contribution >= 4 is 23.5 Å². The number of aromatic nitrogens is 2. The van der Waals surface area contributed by atoms with E-state index in [2.05, 4.69) is 50.0 Å². The molecule has 5 N–H and O–H groups in total. The van der Waals surface area contributed by atoms with Crippen molar-refractivity contribution in [2.24, 2.45) is 5.73 Å². The van der Waals surface area contributed by atoms with Gasteiger partial charge in [0.15, 0.2) is 5.60 Å². The molecule has 48 heavy (non-hydrogen) atoms. The Morgan fingerprint density at radius 3 is 2.56 bits per heavy atom. The number of nitrogens with one attached hydrogen (secondary N) is 3. The van der Waals surface area contributed by atoms with Gasteiger partial charge in [0.1, 0.15) is 5.75 Å². The molecule has 2 atom stereocenters. The number of anilines is 1. The molecule has 1 aromatic heterocycles. The third-order valence-corrected chi connectivity index (χ3v) is 9.61.